The summed E-state index contributed by atoms with van der Waals surface area (Å²) in [5.74, 6) is 1.23. The second-order valence-corrected chi connectivity index (χ2v) is 3.68. The summed E-state index contributed by atoms with van der Waals surface area (Å²) < 4.78 is 0. The molecule has 13 heavy (non-hydrogen) atoms. The summed E-state index contributed by atoms with van der Waals surface area (Å²) in [6.07, 6.45) is 4.40. The number of hydrogen-bond donors (Lipinski definition) is 1. The number of nitrogens with one attached hydrogen (secondary N) is 1. The Morgan fingerprint density at radius 1 is 1.31 bits per heavy atom. The Morgan fingerprint density at radius 3 is 2.69 bits per heavy atom. The Hall–Kier alpha value is -1.09. The van der Waals surface area contributed by atoms with Gasteiger partial charge in [0.2, 0.25) is 0 Å². The molecule has 0 aliphatic carbocycles. The summed E-state index contributed by atoms with van der Waals surface area (Å²) >= 11 is 0. The highest BCUT2D eigenvalue weighted by molar-refractivity contribution is 5.32. The van der Waals surface area contributed by atoms with E-state index >= 15 is 0 Å². The topological polar surface area (TPSA) is 45.0 Å². The van der Waals surface area contributed by atoms with Gasteiger partial charge in [-0.2, -0.15) is 0 Å². The molecule has 0 aromatic carbocycles. The van der Waals surface area contributed by atoms with Gasteiger partial charge in [0.25, 0.3) is 5.82 Å². The first-order valence-electron chi connectivity index (χ1n) is 4.91. The van der Waals surface area contributed by atoms with Gasteiger partial charge in [0.05, 0.1) is 25.3 Å². The van der Waals surface area contributed by atoms with Crippen LogP contribution in [0.1, 0.15) is 12.8 Å². The van der Waals surface area contributed by atoms with Crippen molar-refractivity contribution in [1.29, 1.82) is 0 Å². The van der Waals surface area contributed by atoms with Crippen LogP contribution < -0.4 is 15.6 Å². The van der Waals surface area contributed by atoms with Gasteiger partial charge in [0, 0.05) is 18.9 Å². The molecule has 1 saturated heterocycles. The third-order valence-corrected chi connectivity index (χ3v) is 2.65. The lowest BCUT2D eigenvalue weighted by Gasteiger charge is -2.23. The Labute approximate surface area is 78.6 Å². The number of nitrogens with zero attached hydrogens (tertiary/aromatic N) is 1. The van der Waals surface area contributed by atoms with Gasteiger partial charge < -0.3 is 5.73 Å². The molecule has 2 heterocycles. The predicted octanol–water partition coefficient (Wildman–Crippen LogP) is -0.289. The van der Waals surface area contributed by atoms with E-state index in [-0.39, 0.29) is 0 Å². The van der Waals surface area contributed by atoms with Crippen LogP contribution in [0.2, 0.25) is 0 Å². The maximum absolute atomic E-state index is 4.09. The molecule has 3 nitrogen and oxygen atoms in total. The van der Waals surface area contributed by atoms with E-state index in [0.29, 0.717) is 6.04 Å². The van der Waals surface area contributed by atoms with Crippen molar-refractivity contribution in [3.05, 3.63) is 24.4 Å². The molecular formula is C10H17N3+2. The van der Waals surface area contributed by atoms with Crippen LogP contribution in [0, 0.1) is 0 Å². The number of hydrogen-bond acceptors (Lipinski definition) is 1. The van der Waals surface area contributed by atoms with E-state index in [1.165, 1.54) is 18.7 Å². The third-order valence-electron chi connectivity index (χ3n) is 2.65. The lowest BCUT2D eigenvalue weighted by molar-refractivity contribution is -0.423. The van der Waals surface area contributed by atoms with E-state index in [2.05, 4.69) is 27.8 Å². The maximum atomic E-state index is 4.09. The fourth-order valence-corrected chi connectivity index (χ4v) is 1.75. The lowest BCUT2D eigenvalue weighted by atomic mass is 10.1. The van der Waals surface area contributed by atoms with Crippen LogP contribution in [0.4, 0.5) is 5.82 Å². The monoisotopic (exact) mass is 179 g/mol. The number of aromatic amines is 1. The molecule has 0 radical (unpaired) electrons. The highest BCUT2D eigenvalue weighted by Gasteiger charge is 2.23. The van der Waals surface area contributed by atoms with Crippen molar-refractivity contribution in [2.75, 3.05) is 18.0 Å². The third kappa shape index (κ3) is 1.98. The molecule has 0 saturated carbocycles. The van der Waals surface area contributed by atoms with Gasteiger partial charge in [-0.25, -0.2) is 4.98 Å². The number of aromatic nitrogens is 1. The van der Waals surface area contributed by atoms with Crippen LogP contribution in [-0.2, 0) is 0 Å². The molecule has 1 aliphatic heterocycles. The molecular weight excluding hydrogens is 162 g/mol. The van der Waals surface area contributed by atoms with Crippen molar-refractivity contribution in [3.63, 3.8) is 0 Å². The predicted molar refractivity (Wildman–Crippen MR) is 51.1 cm³/mol. The van der Waals surface area contributed by atoms with Gasteiger partial charge in [0.1, 0.15) is 0 Å². The average molecular weight is 179 g/mol. The fraction of sp³-hybridized carbons (Fsp3) is 0.500. The van der Waals surface area contributed by atoms with Crippen molar-refractivity contribution in [3.8, 4) is 0 Å². The first-order chi connectivity index (χ1) is 6.36. The van der Waals surface area contributed by atoms with Crippen LogP contribution in [-0.4, -0.2) is 19.1 Å². The van der Waals surface area contributed by atoms with Crippen LogP contribution in [0.3, 0.4) is 0 Å². The number of rotatable bonds is 1. The molecule has 0 spiro atoms. The highest BCUT2D eigenvalue weighted by atomic mass is 15.2. The Morgan fingerprint density at radius 2 is 2.08 bits per heavy atom. The molecule has 0 atom stereocenters. The summed E-state index contributed by atoms with van der Waals surface area (Å²) in [6.45, 7) is 2.27. The van der Waals surface area contributed by atoms with E-state index in [9.17, 15) is 0 Å². The first-order valence-corrected chi connectivity index (χ1v) is 4.91. The normalized spacial score (nSPS) is 19.0. The summed E-state index contributed by atoms with van der Waals surface area (Å²) in [4.78, 5) is 5.65. The van der Waals surface area contributed by atoms with Gasteiger partial charge >= 0.3 is 0 Å². The molecule has 1 aromatic rings. The lowest BCUT2D eigenvalue weighted by Crippen LogP contribution is -2.64. The molecule has 0 amide bonds. The van der Waals surface area contributed by atoms with Crippen molar-refractivity contribution in [2.45, 2.75) is 18.9 Å². The van der Waals surface area contributed by atoms with Crippen LogP contribution in [0.5, 0.6) is 0 Å². The number of H-pyrrole nitrogens is 1. The largest absolute Gasteiger partial charge is 0.355 e. The van der Waals surface area contributed by atoms with E-state index in [4.69, 9.17) is 0 Å². The van der Waals surface area contributed by atoms with Gasteiger partial charge in [-0.3, -0.25) is 4.90 Å². The average Bonchev–Trinajstić information content (AvgIpc) is 2.20. The molecule has 70 valence electrons. The van der Waals surface area contributed by atoms with E-state index in [0.717, 1.165) is 13.1 Å². The quantitative estimate of drug-likeness (QED) is 0.632. The number of quaternary nitrogens is 1. The van der Waals surface area contributed by atoms with Crippen molar-refractivity contribution in [1.82, 2.24) is 0 Å². The zero-order valence-corrected chi connectivity index (χ0v) is 7.87. The summed E-state index contributed by atoms with van der Waals surface area (Å²) in [5, 5.41) is 0. The highest BCUT2D eigenvalue weighted by Crippen LogP contribution is 2.12. The molecule has 0 bridgehead atoms. The van der Waals surface area contributed by atoms with E-state index in [1.54, 1.807) is 0 Å². The molecule has 4 N–H and O–H groups in total. The number of piperidine rings is 1. The fourth-order valence-electron chi connectivity index (χ4n) is 1.75. The summed E-state index contributed by atoms with van der Waals surface area (Å²) in [7, 11) is 0. The van der Waals surface area contributed by atoms with Crippen molar-refractivity contribution >= 4 is 5.82 Å². The second-order valence-electron chi connectivity index (χ2n) is 3.68. The van der Waals surface area contributed by atoms with Crippen LogP contribution in [0.25, 0.3) is 0 Å². The van der Waals surface area contributed by atoms with Crippen LogP contribution >= 0.6 is 0 Å². The Balaban J connectivity index is 2.03. The zero-order chi connectivity index (χ0) is 9.10. The summed E-state index contributed by atoms with van der Waals surface area (Å²) in [6, 6.07) is 6.86. The second kappa shape index (κ2) is 3.75. The smallest absolute Gasteiger partial charge is 0.274 e. The molecule has 1 aliphatic rings. The van der Waals surface area contributed by atoms with Gasteiger partial charge in [0.15, 0.2) is 0 Å². The Bertz CT molecular complexity index is 252. The molecule has 0 unspecified atom stereocenters. The minimum absolute atomic E-state index is 0.653. The van der Waals surface area contributed by atoms with Gasteiger partial charge in [-0.15, -0.1) is 0 Å². The van der Waals surface area contributed by atoms with Crippen LogP contribution in [0.15, 0.2) is 24.4 Å². The van der Waals surface area contributed by atoms with Crippen molar-refractivity contribution < 1.29 is 10.7 Å². The number of anilines is 1. The molecule has 2 rings (SSSR count). The zero-order valence-electron chi connectivity index (χ0n) is 7.87. The van der Waals surface area contributed by atoms with Gasteiger partial charge in [-0.05, 0) is 6.07 Å². The van der Waals surface area contributed by atoms with E-state index in [1.807, 2.05) is 12.3 Å². The summed E-state index contributed by atoms with van der Waals surface area (Å²) in [5.41, 5.74) is 4.09. The minimum Gasteiger partial charge on any atom is -0.355 e. The maximum Gasteiger partial charge on any atom is 0.274 e. The number of pyridine rings is 1. The molecule has 3 heteroatoms. The molecule has 1 aromatic heterocycles. The van der Waals surface area contributed by atoms with Gasteiger partial charge in [-0.1, -0.05) is 6.07 Å². The minimum atomic E-state index is 0.653. The first kappa shape index (κ1) is 8.51. The van der Waals surface area contributed by atoms with Crippen molar-refractivity contribution in [2.24, 2.45) is 0 Å². The molecule has 1 fully saturated rings. The standard InChI is InChI=1S/C10H15N3/c11-9-4-7-13(8-5-9)10-3-1-2-6-12-10/h1-3,6,9H,4-5,7-8,11H2/p+2. The SMILES string of the molecule is [NH3+]C1CCN(c2cccc[nH+]2)CC1. The van der Waals surface area contributed by atoms with E-state index < -0.39 is 0 Å². The Kier molecular flexibility index (Phi) is 2.45.